The lowest BCUT2D eigenvalue weighted by molar-refractivity contribution is -0.134. The molecule has 0 aliphatic carbocycles. The van der Waals surface area contributed by atoms with Gasteiger partial charge in [-0.25, -0.2) is 4.79 Å². The highest BCUT2D eigenvalue weighted by Gasteiger charge is 2.08. The van der Waals surface area contributed by atoms with Gasteiger partial charge in [-0.3, -0.25) is 4.79 Å². The number of hydrogen-bond acceptors (Lipinski definition) is 3. The summed E-state index contributed by atoms with van der Waals surface area (Å²) in [6.45, 7) is 1.66. The molecule has 124 valence electrons. The van der Waals surface area contributed by atoms with Crippen LogP contribution in [0, 0.1) is 0 Å². The van der Waals surface area contributed by atoms with Crippen molar-refractivity contribution in [1.29, 1.82) is 0 Å². The van der Waals surface area contributed by atoms with Gasteiger partial charge < -0.3 is 15.2 Å². The Morgan fingerprint density at radius 1 is 1.12 bits per heavy atom. The fraction of sp³-hybridized carbons (Fsp3) is 0.111. The molecule has 2 aromatic carbocycles. The maximum Gasteiger partial charge on any atom is 0.352 e. The highest BCUT2D eigenvalue weighted by molar-refractivity contribution is 6.30. The van der Waals surface area contributed by atoms with Gasteiger partial charge in [0.1, 0.15) is 18.1 Å². The third-order valence-corrected chi connectivity index (χ3v) is 3.30. The number of ether oxygens (including phenoxy) is 1. The van der Waals surface area contributed by atoms with Gasteiger partial charge in [0.25, 0.3) is 0 Å². The fourth-order valence-electron chi connectivity index (χ4n) is 1.92. The molecule has 0 saturated heterocycles. The predicted molar refractivity (Wildman–Crippen MR) is 91.7 cm³/mol. The summed E-state index contributed by atoms with van der Waals surface area (Å²) in [7, 11) is 0. The van der Waals surface area contributed by atoms with Crippen molar-refractivity contribution in [2.45, 2.75) is 13.5 Å². The van der Waals surface area contributed by atoms with Crippen molar-refractivity contribution >= 4 is 29.6 Å². The second kappa shape index (κ2) is 8.17. The summed E-state index contributed by atoms with van der Waals surface area (Å²) in [5, 5.41) is 12.0. The molecule has 2 rings (SSSR count). The van der Waals surface area contributed by atoms with Gasteiger partial charge in [0.2, 0.25) is 5.91 Å². The first-order valence-corrected chi connectivity index (χ1v) is 7.52. The molecule has 0 heterocycles. The number of amides is 1. The minimum Gasteiger partial charge on any atom is -0.489 e. The zero-order valence-electron chi connectivity index (χ0n) is 13.0. The third kappa shape index (κ3) is 5.44. The van der Waals surface area contributed by atoms with Crippen LogP contribution in [0.5, 0.6) is 5.75 Å². The van der Waals surface area contributed by atoms with E-state index in [2.05, 4.69) is 5.32 Å². The predicted octanol–water partition coefficient (Wildman–Crippen LogP) is 3.48. The number of carboxylic acids is 1. The lowest BCUT2D eigenvalue weighted by Gasteiger charge is -2.07. The van der Waals surface area contributed by atoms with E-state index in [1.165, 1.54) is 13.0 Å². The summed E-state index contributed by atoms with van der Waals surface area (Å²) in [6.07, 6.45) is 1.38. The summed E-state index contributed by atoms with van der Waals surface area (Å²) >= 11 is 5.83. The molecule has 5 nitrogen and oxygen atoms in total. The summed E-state index contributed by atoms with van der Waals surface area (Å²) in [5.41, 5.74) is 1.44. The van der Waals surface area contributed by atoms with Gasteiger partial charge in [0, 0.05) is 11.9 Å². The molecule has 0 aliphatic rings. The lowest BCUT2D eigenvalue weighted by Crippen LogP contribution is -2.24. The number of aliphatic carboxylic acids is 1. The first-order chi connectivity index (χ1) is 11.4. The standard InChI is InChI=1S/C18H16ClNO4/c1-12(21)20-17(18(22)23)10-13-4-8-16(9-5-13)24-11-14-2-6-15(19)7-3-14/h2-10H,11H2,1H3,(H,20,21)(H,22,23)/b17-10+. The number of hydrogen-bond donors (Lipinski definition) is 2. The average molecular weight is 346 g/mol. The van der Waals surface area contributed by atoms with E-state index in [-0.39, 0.29) is 5.70 Å². The minimum absolute atomic E-state index is 0.183. The number of benzene rings is 2. The largest absolute Gasteiger partial charge is 0.489 e. The van der Waals surface area contributed by atoms with Gasteiger partial charge >= 0.3 is 5.97 Å². The van der Waals surface area contributed by atoms with Gasteiger partial charge in [-0.15, -0.1) is 0 Å². The van der Waals surface area contributed by atoms with E-state index in [4.69, 9.17) is 21.4 Å². The number of nitrogens with one attached hydrogen (secondary N) is 1. The number of rotatable bonds is 6. The molecule has 0 aliphatic heterocycles. The first-order valence-electron chi connectivity index (χ1n) is 7.14. The van der Waals surface area contributed by atoms with Crippen LogP contribution in [0.15, 0.2) is 54.2 Å². The van der Waals surface area contributed by atoms with Crippen molar-refractivity contribution in [3.05, 3.63) is 70.4 Å². The van der Waals surface area contributed by atoms with E-state index < -0.39 is 11.9 Å². The van der Waals surface area contributed by atoms with Crippen molar-refractivity contribution in [2.24, 2.45) is 0 Å². The van der Waals surface area contributed by atoms with Crippen LogP contribution in [-0.2, 0) is 16.2 Å². The SMILES string of the molecule is CC(=O)N/C(=C/c1ccc(OCc2ccc(Cl)cc2)cc1)C(=O)O. The van der Waals surface area contributed by atoms with Gasteiger partial charge in [0.05, 0.1) is 0 Å². The quantitative estimate of drug-likeness (QED) is 0.786. The zero-order valence-corrected chi connectivity index (χ0v) is 13.7. The summed E-state index contributed by atoms with van der Waals surface area (Å²) in [5.74, 6) is -0.988. The molecule has 0 aromatic heterocycles. The van der Waals surface area contributed by atoms with Crippen LogP contribution in [0.2, 0.25) is 5.02 Å². The van der Waals surface area contributed by atoms with E-state index in [1.54, 1.807) is 36.4 Å². The van der Waals surface area contributed by atoms with Gasteiger partial charge in [0.15, 0.2) is 0 Å². The Bertz CT molecular complexity index is 752. The number of carboxylic acid groups (broad SMARTS) is 1. The molecule has 0 spiro atoms. The molecule has 0 bridgehead atoms. The van der Waals surface area contributed by atoms with Crippen molar-refractivity contribution in [3.8, 4) is 5.75 Å². The molecule has 6 heteroatoms. The van der Waals surface area contributed by atoms with Gasteiger partial charge in [-0.2, -0.15) is 0 Å². The van der Waals surface area contributed by atoms with E-state index >= 15 is 0 Å². The molecule has 0 unspecified atom stereocenters. The van der Waals surface area contributed by atoms with Crippen LogP contribution in [0.1, 0.15) is 18.1 Å². The average Bonchev–Trinajstić information content (AvgIpc) is 2.54. The van der Waals surface area contributed by atoms with Gasteiger partial charge in [-0.1, -0.05) is 35.9 Å². The Labute approximate surface area is 144 Å². The van der Waals surface area contributed by atoms with E-state index in [0.29, 0.717) is 22.9 Å². The second-order valence-corrected chi connectivity index (χ2v) is 5.46. The van der Waals surface area contributed by atoms with Crippen LogP contribution in [0.25, 0.3) is 6.08 Å². The van der Waals surface area contributed by atoms with Crippen molar-refractivity contribution in [3.63, 3.8) is 0 Å². The molecule has 1 amide bonds. The Balaban J connectivity index is 2.02. The van der Waals surface area contributed by atoms with Crippen LogP contribution in [0.3, 0.4) is 0 Å². The number of carbonyl (C=O) groups excluding carboxylic acids is 1. The Morgan fingerprint density at radius 3 is 2.29 bits per heavy atom. The van der Waals surface area contributed by atoms with Crippen molar-refractivity contribution in [2.75, 3.05) is 0 Å². The molecular weight excluding hydrogens is 330 g/mol. The molecule has 0 saturated carbocycles. The fourth-order valence-corrected chi connectivity index (χ4v) is 2.04. The monoisotopic (exact) mass is 345 g/mol. The highest BCUT2D eigenvalue weighted by Crippen LogP contribution is 2.17. The van der Waals surface area contributed by atoms with Crippen LogP contribution >= 0.6 is 11.6 Å². The zero-order chi connectivity index (χ0) is 17.5. The summed E-state index contributed by atoms with van der Waals surface area (Å²) < 4.78 is 5.65. The summed E-state index contributed by atoms with van der Waals surface area (Å²) in [4.78, 5) is 22.1. The first kappa shape index (κ1) is 17.6. The smallest absolute Gasteiger partial charge is 0.352 e. The van der Waals surface area contributed by atoms with E-state index in [1.807, 2.05) is 12.1 Å². The Kier molecular flexibility index (Phi) is 5.98. The molecule has 2 N–H and O–H groups in total. The Morgan fingerprint density at radius 2 is 1.75 bits per heavy atom. The van der Waals surface area contributed by atoms with E-state index in [0.717, 1.165) is 5.56 Å². The second-order valence-electron chi connectivity index (χ2n) is 5.03. The molecule has 0 radical (unpaired) electrons. The molecule has 2 aromatic rings. The van der Waals surface area contributed by atoms with E-state index in [9.17, 15) is 9.59 Å². The van der Waals surface area contributed by atoms with Crippen LogP contribution in [-0.4, -0.2) is 17.0 Å². The summed E-state index contributed by atoms with van der Waals surface area (Å²) in [6, 6.07) is 14.2. The molecule has 24 heavy (non-hydrogen) atoms. The normalized spacial score (nSPS) is 11.0. The number of halogens is 1. The topological polar surface area (TPSA) is 75.6 Å². The van der Waals surface area contributed by atoms with Crippen LogP contribution < -0.4 is 10.1 Å². The van der Waals surface area contributed by atoms with Crippen LogP contribution in [0.4, 0.5) is 0 Å². The van der Waals surface area contributed by atoms with Crippen molar-refractivity contribution in [1.82, 2.24) is 5.32 Å². The lowest BCUT2D eigenvalue weighted by atomic mass is 10.2. The highest BCUT2D eigenvalue weighted by atomic mass is 35.5. The number of carbonyl (C=O) groups is 2. The molecule has 0 atom stereocenters. The minimum atomic E-state index is -1.20. The molecular formula is C18H16ClNO4. The maximum absolute atomic E-state index is 11.1. The Hall–Kier alpha value is -2.79. The maximum atomic E-state index is 11.1. The third-order valence-electron chi connectivity index (χ3n) is 3.05. The van der Waals surface area contributed by atoms with Crippen molar-refractivity contribution < 1.29 is 19.4 Å². The van der Waals surface area contributed by atoms with Gasteiger partial charge in [-0.05, 0) is 41.5 Å². The molecule has 0 fully saturated rings.